The number of carbonyl (C=O) groups is 1. The van der Waals surface area contributed by atoms with Gasteiger partial charge in [-0.2, -0.15) is 0 Å². The largest absolute Gasteiger partial charge is 0.393 e. The summed E-state index contributed by atoms with van der Waals surface area (Å²) in [6.45, 7) is 5.93. The summed E-state index contributed by atoms with van der Waals surface area (Å²) in [6.07, 6.45) is 3.61. The molecule has 1 aliphatic heterocycles. The van der Waals surface area contributed by atoms with Crippen LogP contribution in [0.15, 0.2) is 0 Å². The van der Waals surface area contributed by atoms with Gasteiger partial charge >= 0.3 is 0 Å². The summed E-state index contributed by atoms with van der Waals surface area (Å²) in [4.78, 5) is 14.0. The van der Waals surface area contributed by atoms with Gasteiger partial charge in [0.25, 0.3) is 0 Å². The van der Waals surface area contributed by atoms with E-state index in [1.54, 1.807) is 0 Å². The van der Waals surface area contributed by atoms with Crippen molar-refractivity contribution in [2.75, 3.05) is 13.1 Å². The highest BCUT2D eigenvalue weighted by Gasteiger charge is 2.43. The van der Waals surface area contributed by atoms with Gasteiger partial charge in [-0.05, 0) is 24.7 Å². The molecule has 0 aromatic heterocycles. The first-order valence-electron chi connectivity index (χ1n) is 6.57. The number of likely N-dealkylation sites (tertiary alicyclic amines) is 1. The minimum absolute atomic E-state index is 0.161. The lowest BCUT2D eigenvalue weighted by Crippen LogP contribution is -2.31. The molecule has 92 valence electrons. The lowest BCUT2D eigenvalue weighted by Gasteiger charge is -2.20. The molecule has 0 aromatic carbocycles. The number of aliphatic hydroxyl groups excluding tert-OH is 1. The second-order valence-corrected chi connectivity index (χ2v) is 5.58. The first-order chi connectivity index (χ1) is 7.61. The molecule has 3 nitrogen and oxygen atoms in total. The molecule has 2 aliphatic rings. The van der Waals surface area contributed by atoms with E-state index in [1.807, 2.05) is 4.90 Å². The van der Waals surface area contributed by atoms with Crippen LogP contribution in [0.3, 0.4) is 0 Å². The molecular formula is C13H23NO2. The Morgan fingerprint density at radius 3 is 2.81 bits per heavy atom. The Kier molecular flexibility index (Phi) is 3.53. The fraction of sp³-hybridized carbons (Fsp3) is 0.923. The molecule has 1 amide bonds. The highest BCUT2D eigenvalue weighted by molar-refractivity contribution is 5.76. The van der Waals surface area contributed by atoms with Gasteiger partial charge in [-0.1, -0.05) is 20.3 Å². The monoisotopic (exact) mass is 225 g/mol. The molecule has 4 unspecified atom stereocenters. The average molecular weight is 225 g/mol. The Labute approximate surface area is 97.8 Å². The lowest BCUT2D eigenvalue weighted by molar-refractivity contribution is -0.131. The molecule has 4 atom stereocenters. The fourth-order valence-electron chi connectivity index (χ4n) is 3.01. The van der Waals surface area contributed by atoms with Crippen LogP contribution in [0.2, 0.25) is 0 Å². The topological polar surface area (TPSA) is 40.5 Å². The van der Waals surface area contributed by atoms with Crippen LogP contribution >= 0.6 is 0 Å². The van der Waals surface area contributed by atoms with E-state index in [2.05, 4.69) is 13.8 Å². The predicted octanol–water partition coefficient (Wildman–Crippen LogP) is 1.65. The zero-order chi connectivity index (χ0) is 11.7. The SMILES string of the molecule is CCC(C)CC(=O)N1CC2CCC(O)C2C1. The number of hydrogen-bond acceptors (Lipinski definition) is 2. The number of rotatable bonds is 3. The summed E-state index contributed by atoms with van der Waals surface area (Å²) in [7, 11) is 0. The third-order valence-electron chi connectivity index (χ3n) is 4.39. The lowest BCUT2D eigenvalue weighted by atomic mass is 10.00. The molecule has 0 aromatic rings. The van der Waals surface area contributed by atoms with Crippen molar-refractivity contribution < 1.29 is 9.90 Å². The Bertz CT molecular complexity index is 267. The van der Waals surface area contributed by atoms with E-state index in [-0.39, 0.29) is 12.0 Å². The predicted molar refractivity (Wildman–Crippen MR) is 62.9 cm³/mol. The average Bonchev–Trinajstić information content (AvgIpc) is 2.81. The number of carbonyl (C=O) groups excluding carboxylic acids is 1. The van der Waals surface area contributed by atoms with E-state index >= 15 is 0 Å². The van der Waals surface area contributed by atoms with Gasteiger partial charge in [0.2, 0.25) is 5.91 Å². The zero-order valence-corrected chi connectivity index (χ0v) is 10.4. The maximum absolute atomic E-state index is 12.0. The van der Waals surface area contributed by atoms with Gasteiger partial charge in [0, 0.05) is 25.4 Å². The van der Waals surface area contributed by atoms with Crippen LogP contribution in [0, 0.1) is 17.8 Å². The zero-order valence-electron chi connectivity index (χ0n) is 10.4. The third kappa shape index (κ3) is 2.24. The molecular weight excluding hydrogens is 202 g/mol. The molecule has 3 heteroatoms. The Balaban J connectivity index is 1.87. The second kappa shape index (κ2) is 4.74. The summed E-state index contributed by atoms with van der Waals surface area (Å²) in [5.41, 5.74) is 0. The normalized spacial score (nSPS) is 35.2. The molecule has 0 bridgehead atoms. The second-order valence-electron chi connectivity index (χ2n) is 5.58. The molecule has 0 radical (unpaired) electrons. The van der Waals surface area contributed by atoms with E-state index < -0.39 is 0 Å². The van der Waals surface area contributed by atoms with E-state index in [0.717, 1.165) is 32.4 Å². The van der Waals surface area contributed by atoms with Gasteiger partial charge in [-0.25, -0.2) is 0 Å². The van der Waals surface area contributed by atoms with Crippen LogP contribution in [0.1, 0.15) is 39.5 Å². The molecule has 1 heterocycles. The van der Waals surface area contributed by atoms with Gasteiger partial charge in [-0.15, -0.1) is 0 Å². The van der Waals surface area contributed by atoms with Crippen LogP contribution in [0.4, 0.5) is 0 Å². The van der Waals surface area contributed by atoms with Crippen molar-refractivity contribution in [2.24, 2.45) is 17.8 Å². The van der Waals surface area contributed by atoms with Crippen molar-refractivity contribution in [3.8, 4) is 0 Å². The van der Waals surface area contributed by atoms with Gasteiger partial charge in [0.05, 0.1) is 6.10 Å². The molecule has 2 rings (SSSR count). The van der Waals surface area contributed by atoms with Gasteiger partial charge in [0.15, 0.2) is 0 Å². The molecule has 2 fully saturated rings. The molecule has 1 N–H and O–H groups in total. The van der Waals surface area contributed by atoms with E-state index in [1.165, 1.54) is 0 Å². The molecule has 16 heavy (non-hydrogen) atoms. The Hall–Kier alpha value is -0.570. The van der Waals surface area contributed by atoms with Crippen LogP contribution in [0.25, 0.3) is 0 Å². The van der Waals surface area contributed by atoms with Crippen molar-refractivity contribution in [3.05, 3.63) is 0 Å². The van der Waals surface area contributed by atoms with Gasteiger partial charge in [-0.3, -0.25) is 4.79 Å². The molecule has 1 aliphatic carbocycles. The van der Waals surface area contributed by atoms with Crippen molar-refractivity contribution in [1.82, 2.24) is 4.90 Å². The summed E-state index contributed by atoms with van der Waals surface area (Å²) < 4.78 is 0. The van der Waals surface area contributed by atoms with Crippen molar-refractivity contribution in [2.45, 2.75) is 45.6 Å². The summed E-state index contributed by atoms with van der Waals surface area (Å²) >= 11 is 0. The number of aliphatic hydroxyl groups is 1. The summed E-state index contributed by atoms with van der Waals surface area (Å²) in [5, 5.41) is 9.79. The highest BCUT2D eigenvalue weighted by Crippen LogP contribution is 2.38. The van der Waals surface area contributed by atoms with Crippen LogP contribution in [0.5, 0.6) is 0 Å². The summed E-state index contributed by atoms with van der Waals surface area (Å²) in [6, 6.07) is 0. The number of nitrogens with zero attached hydrogens (tertiary/aromatic N) is 1. The van der Waals surface area contributed by atoms with E-state index in [9.17, 15) is 9.90 Å². The molecule has 1 saturated heterocycles. The Morgan fingerprint density at radius 2 is 2.19 bits per heavy atom. The van der Waals surface area contributed by atoms with Gasteiger partial charge in [0.1, 0.15) is 0 Å². The van der Waals surface area contributed by atoms with Crippen molar-refractivity contribution in [1.29, 1.82) is 0 Å². The number of hydrogen-bond donors (Lipinski definition) is 1. The summed E-state index contributed by atoms with van der Waals surface area (Å²) in [5.74, 6) is 1.70. The van der Waals surface area contributed by atoms with E-state index in [4.69, 9.17) is 0 Å². The highest BCUT2D eigenvalue weighted by atomic mass is 16.3. The smallest absolute Gasteiger partial charge is 0.222 e. The maximum Gasteiger partial charge on any atom is 0.222 e. The van der Waals surface area contributed by atoms with Crippen molar-refractivity contribution >= 4 is 5.91 Å². The van der Waals surface area contributed by atoms with Crippen LogP contribution in [-0.4, -0.2) is 35.1 Å². The quantitative estimate of drug-likeness (QED) is 0.793. The molecule has 1 saturated carbocycles. The standard InChI is InChI=1S/C13H23NO2/c1-3-9(2)6-13(16)14-7-10-4-5-12(15)11(10)8-14/h9-12,15H,3-8H2,1-2H3. The van der Waals surface area contributed by atoms with Crippen molar-refractivity contribution in [3.63, 3.8) is 0 Å². The third-order valence-corrected chi connectivity index (χ3v) is 4.39. The fourth-order valence-corrected chi connectivity index (χ4v) is 3.01. The molecule has 0 spiro atoms. The minimum Gasteiger partial charge on any atom is -0.393 e. The number of amides is 1. The number of fused-ring (bicyclic) bond motifs is 1. The first-order valence-corrected chi connectivity index (χ1v) is 6.57. The Morgan fingerprint density at radius 1 is 1.44 bits per heavy atom. The van der Waals surface area contributed by atoms with Crippen LogP contribution in [-0.2, 0) is 4.79 Å². The van der Waals surface area contributed by atoms with Gasteiger partial charge < -0.3 is 10.0 Å². The minimum atomic E-state index is -0.161. The first kappa shape index (κ1) is 11.9. The van der Waals surface area contributed by atoms with Crippen LogP contribution < -0.4 is 0 Å². The van der Waals surface area contributed by atoms with E-state index in [0.29, 0.717) is 24.2 Å². The maximum atomic E-state index is 12.0.